The number of nitrogens with two attached hydrogens (primary N) is 1. The summed E-state index contributed by atoms with van der Waals surface area (Å²) < 4.78 is 0. The van der Waals surface area contributed by atoms with Crippen LogP contribution in [0.5, 0.6) is 0 Å². The van der Waals surface area contributed by atoms with E-state index >= 15 is 0 Å². The average Bonchev–Trinajstić information content (AvgIpc) is 2.65. The number of nitrogens with zero attached hydrogens (tertiary/aromatic N) is 3. The van der Waals surface area contributed by atoms with Crippen LogP contribution >= 0.6 is 23.2 Å². The molecular formula is C18H20Cl2N4O. The Balaban J connectivity index is 1.74. The molecule has 7 heteroatoms. The number of oxime groups is 1. The van der Waals surface area contributed by atoms with E-state index in [0.717, 1.165) is 37.3 Å². The van der Waals surface area contributed by atoms with Gasteiger partial charge in [-0.2, -0.15) is 0 Å². The molecule has 1 saturated heterocycles. The van der Waals surface area contributed by atoms with Crippen LogP contribution in [0.3, 0.4) is 0 Å². The molecule has 1 aliphatic rings. The number of piperidine rings is 1. The number of amidine groups is 1. The van der Waals surface area contributed by atoms with E-state index in [1.54, 1.807) is 24.4 Å². The minimum Gasteiger partial charge on any atom is -0.389 e. The third-order valence-corrected chi connectivity index (χ3v) is 4.86. The molecule has 0 radical (unpaired) electrons. The van der Waals surface area contributed by atoms with Crippen molar-refractivity contribution in [2.75, 3.05) is 18.0 Å². The van der Waals surface area contributed by atoms with Crippen molar-refractivity contribution < 1.29 is 4.84 Å². The van der Waals surface area contributed by atoms with E-state index < -0.39 is 0 Å². The molecule has 2 heterocycles. The van der Waals surface area contributed by atoms with Gasteiger partial charge in [0, 0.05) is 34.9 Å². The zero-order valence-electron chi connectivity index (χ0n) is 13.8. The van der Waals surface area contributed by atoms with Gasteiger partial charge < -0.3 is 15.5 Å². The van der Waals surface area contributed by atoms with Crippen molar-refractivity contribution in [3.05, 3.63) is 57.7 Å². The second-order valence-electron chi connectivity index (χ2n) is 5.87. The first-order valence-electron chi connectivity index (χ1n) is 8.25. The van der Waals surface area contributed by atoms with E-state index in [4.69, 9.17) is 33.8 Å². The normalized spacial score (nSPS) is 15.3. The van der Waals surface area contributed by atoms with E-state index in [1.165, 1.54) is 6.42 Å². The fourth-order valence-electron chi connectivity index (χ4n) is 2.84. The molecule has 0 unspecified atom stereocenters. The molecule has 0 saturated carbocycles. The molecule has 3 rings (SSSR count). The van der Waals surface area contributed by atoms with Gasteiger partial charge in [-0.05, 0) is 43.5 Å². The number of hydrogen-bond donors (Lipinski definition) is 1. The first kappa shape index (κ1) is 17.8. The molecule has 1 aromatic heterocycles. The molecule has 2 aromatic rings. The minimum absolute atomic E-state index is 0.151. The summed E-state index contributed by atoms with van der Waals surface area (Å²) in [7, 11) is 0. The first-order valence-corrected chi connectivity index (χ1v) is 9.01. The highest BCUT2D eigenvalue weighted by Crippen LogP contribution is 2.25. The fourth-order valence-corrected chi connectivity index (χ4v) is 3.35. The summed E-state index contributed by atoms with van der Waals surface area (Å²) in [6.45, 7) is 2.11. The molecule has 25 heavy (non-hydrogen) atoms. The molecule has 0 spiro atoms. The Morgan fingerprint density at radius 3 is 2.56 bits per heavy atom. The van der Waals surface area contributed by atoms with Crippen molar-refractivity contribution in [3.63, 3.8) is 0 Å². The van der Waals surface area contributed by atoms with Gasteiger partial charge in [-0.15, -0.1) is 0 Å². The van der Waals surface area contributed by atoms with Gasteiger partial charge in [-0.25, -0.2) is 4.98 Å². The summed E-state index contributed by atoms with van der Waals surface area (Å²) in [5.74, 6) is 1.14. The summed E-state index contributed by atoms with van der Waals surface area (Å²) in [4.78, 5) is 12.1. The zero-order chi connectivity index (χ0) is 17.6. The monoisotopic (exact) mass is 378 g/mol. The Morgan fingerprint density at radius 1 is 1.12 bits per heavy atom. The maximum absolute atomic E-state index is 6.14. The van der Waals surface area contributed by atoms with Crippen molar-refractivity contribution in [1.82, 2.24) is 4.98 Å². The van der Waals surface area contributed by atoms with Crippen LogP contribution in [0.4, 0.5) is 5.82 Å². The lowest BCUT2D eigenvalue weighted by molar-refractivity contribution is 0.130. The number of rotatable bonds is 5. The summed E-state index contributed by atoms with van der Waals surface area (Å²) in [5.41, 5.74) is 7.59. The van der Waals surface area contributed by atoms with Crippen LogP contribution in [0.1, 0.15) is 30.4 Å². The largest absolute Gasteiger partial charge is 0.389 e. The molecule has 2 N–H and O–H groups in total. The second-order valence-corrected chi connectivity index (χ2v) is 6.69. The predicted molar refractivity (Wildman–Crippen MR) is 102 cm³/mol. The Kier molecular flexibility index (Phi) is 6.00. The number of halogens is 2. The number of hydrogen-bond acceptors (Lipinski definition) is 4. The van der Waals surface area contributed by atoms with Gasteiger partial charge in [-0.3, -0.25) is 0 Å². The van der Waals surface area contributed by atoms with Crippen LogP contribution in [0.15, 0.2) is 41.7 Å². The van der Waals surface area contributed by atoms with Crippen molar-refractivity contribution in [1.29, 1.82) is 0 Å². The van der Waals surface area contributed by atoms with Crippen LogP contribution in [-0.2, 0) is 11.4 Å². The molecule has 5 nitrogen and oxygen atoms in total. The van der Waals surface area contributed by atoms with Crippen LogP contribution in [0.2, 0.25) is 10.0 Å². The Labute approximate surface area is 157 Å². The standard InChI is InChI=1S/C18H20Cl2N4O/c19-15-7-4-8-16(20)14(15)12-25-23-17(21)13-6-5-9-22-18(13)24-10-2-1-3-11-24/h4-9H,1-3,10-12H2,(H2,21,23). The van der Waals surface area contributed by atoms with Gasteiger partial charge in [0.05, 0.1) is 5.56 Å². The number of benzene rings is 1. The lowest BCUT2D eigenvalue weighted by Crippen LogP contribution is -2.32. The van der Waals surface area contributed by atoms with Crippen LogP contribution in [0.25, 0.3) is 0 Å². The van der Waals surface area contributed by atoms with Crippen LogP contribution < -0.4 is 10.6 Å². The lowest BCUT2D eigenvalue weighted by Gasteiger charge is -2.29. The maximum atomic E-state index is 6.14. The van der Waals surface area contributed by atoms with Gasteiger partial charge >= 0.3 is 0 Å². The number of aromatic nitrogens is 1. The molecular weight excluding hydrogens is 359 g/mol. The van der Waals surface area contributed by atoms with Gasteiger partial charge in [-0.1, -0.05) is 34.4 Å². The molecule has 1 aromatic carbocycles. The van der Waals surface area contributed by atoms with Crippen molar-refractivity contribution >= 4 is 34.9 Å². The third kappa shape index (κ3) is 4.35. The highest BCUT2D eigenvalue weighted by Gasteiger charge is 2.17. The van der Waals surface area contributed by atoms with Gasteiger partial charge in [0.25, 0.3) is 0 Å². The van der Waals surface area contributed by atoms with E-state index in [2.05, 4.69) is 15.0 Å². The molecule has 0 bridgehead atoms. The predicted octanol–water partition coefficient (Wildman–Crippen LogP) is 4.22. The molecule has 1 fully saturated rings. The smallest absolute Gasteiger partial charge is 0.174 e. The quantitative estimate of drug-likeness (QED) is 0.480. The fraction of sp³-hybridized carbons (Fsp3) is 0.333. The number of anilines is 1. The van der Waals surface area contributed by atoms with Gasteiger partial charge in [0.1, 0.15) is 12.4 Å². The zero-order valence-corrected chi connectivity index (χ0v) is 15.3. The highest BCUT2D eigenvalue weighted by atomic mass is 35.5. The average molecular weight is 379 g/mol. The van der Waals surface area contributed by atoms with Crippen molar-refractivity contribution in [2.45, 2.75) is 25.9 Å². The summed E-state index contributed by atoms with van der Waals surface area (Å²) in [6.07, 6.45) is 5.35. The third-order valence-electron chi connectivity index (χ3n) is 4.15. The molecule has 0 amide bonds. The first-order chi connectivity index (χ1) is 12.2. The topological polar surface area (TPSA) is 63.7 Å². The summed E-state index contributed by atoms with van der Waals surface area (Å²) in [5, 5.41) is 5.12. The number of pyridine rings is 1. The van der Waals surface area contributed by atoms with E-state index in [1.807, 2.05) is 12.1 Å². The van der Waals surface area contributed by atoms with Gasteiger partial charge in [0.2, 0.25) is 0 Å². The van der Waals surface area contributed by atoms with E-state index in [9.17, 15) is 0 Å². The molecule has 0 atom stereocenters. The second kappa shape index (κ2) is 8.41. The lowest BCUT2D eigenvalue weighted by atomic mass is 10.1. The van der Waals surface area contributed by atoms with E-state index in [0.29, 0.717) is 15.6 Å². The Bertz CT molecular complexity index is 740. The minimum atomic E-state index is 0.151. The van der Waals surface area contributed by atoms with Gasteiger partial charge in [0.15, 0.2) is 5.84 Å². The maximum Gasteiger partial charge on any atom is 0.174 e. The van der Waals surface area contributed by atoms with Crippen LogP contribution in [-0.4, -0.2) is 23.9 Å². The summed E-state index contributed by atoms with van der Waals surface area (Å²) in [6, 6.07) is 9.05. The highest BCUT2D eigenvalue weighted by molar-refractivity contribution is 6.35. The Hall–Kier alpha value is -1.98. The SMILES string of the molecule is N/C(=N/OCc1c(Cl)cccc1Cl)c1cccnc1N1CCCCC1. The van der Waals surface area contributed by atoms with E-state index in [-0.39, 0.29) is 12.4 Å². The molecule has 0 aliphatic carbocycles. The molecule has 1 aliphatic heterocycles. The van der Waals surface area contributed by atoms with Crippen LogP contribution in [0, 0.1) is 0 Å². The Morgan fingerprint density at radius 2 is 1.84 bits per heavy atom. The van der Waals surface area contributed by atoms with Crippen molar-refractivity contribution in [2.24, 2.45) is 10.9 Å². The molecule has 132 valence electrons. The summed E-state index contributed by atoms with van der Waals surface area (Å²) >= 11 is 12.3. The van der Waals surface area contributed by atoms with Crippen molar-refractivity contribution in [3.8, 4) is 0 Å².